The van der Waals surface area contributed by atoms with E-state index < -0.39 is 0 Å². The van der Waals surface area contributed by atoms with Crippen molar-refractivity contribution in [1.82, 2.24) is 20.9 Å². The molecule has 1 saturated heterocycles. The number of nitrogens with one attached hydrogen (secondary N) is 3. The fourth-order valence-electron chi connectivity index (χ4n) is 3.29. The van der Waals surface area contributed by atoms with Gasteiger partial charge in [-0.1, -0.05) is 17.7 Å². The second-order valence-electron chi connectivity index (χ2n) is 6.87. The van der Waals surface area contributed by atoms with Crippen LogP contribution in [0, 0.1) is 0 Å². The summed E-state index contributed by atoms with van der Waals surface area (Å²) in [5.74, 6) is 2.02. The van der Waals surface area contributed by atoms with E-state index in [0.29, 0.717) is 35.4 Å². The van der Waals surface area contributed by atoms with Crippen LogP contribution in [0.2, 0.25) is 5.02 Å². The molecule has 1 unspecified atom stereocenters. The zero-order valence-electron chi connectivity index (χ0n) is 17.2. The fraction of sp³-hybridized carbons (Fsp3) is 0.381. The summed E-state index contributed by atoms with van der Waals surface area (Å²) in [5.41, 5.74) is 0.566. The Morgan fingerprint density at radius 2 is 2.13 bits per heavy atom. The molecule has 0 bridgehead atoms. The second-order valence-corrected chi connectivity index (χ2v) is 7.28. The number of nitrogens with zero attached hydrogens (tertiary/aromatic N) is 3. The molecule has 9 heteroatoms. The lowest BCUT2D eigenvalue weighted by atomic mass is 10.2. The van der Waals surface area contributed by atoms with E-state index in [9.17, 15) is 4.79 Å². The maximum Gasteiger partial charge on any atom is 0.251 e. The molecular formula is C21H27ClN6O2. The number of hydrogen-bond acceptors (Lipinski definition) is 5. The minimum atomic E-state index is -0.141. The number of amides is 1. The summed E-state index contributed by atoms with van der Waals surface area (Å²) in [4.78, 5) is 23.1. The summed E-state index contributed by atoms with van der Waals surface area (Å²) in [6, 6.07) is 11.0. The Balaban J connectivity index is 1.41. The first-order valence-electron chi connectivity index (χ1n) is 9.85. The van der Waals surface area contributed by atoms with E-state index in [1.165, 1.54) is 0 Å². The van der Waals surface area contributed by atoms with Gasteiger partial charge >= 0.3 is 0 Å². The van der Waals surface area contributed by atoms with Gasteiger partial charge in [0.2, 0.25) is 0 Å². The first-order chi connectivity index (χ1) is 14.6. The van der Waals surface area contributed by atoms with Gasteiger partial charge in [0.1, 0.15) is 11.6 Å². The standard InChI is InChI=1S/C21H27ClN6O2/c1-23-21(26-11-10-25-20(29)15-5-3-6-17(13-15)30-2)27-16-8-12-28(14-16)19-18(22)7-4-9-24-19/h3-7,9,13,16H,8,10-12,14H2,1-2H3,(H,25,29)(H2,23,26,27). The molecule has 0 aliphatic carbocycles. The van der Waals surface area contributed by atoms with Crippen LogP contribution in [-0.2, 0) is 0 Å². The highest BCUT2D eigenvalue weighted by atomic mass is 35.5. The normalized spacial score (nSPS) is 16.3. The van der Waals surface area contributed by atoms with Crippen LogP contribution >= 0.6 is 11.6 Å². The molecule has 2 heterocycles. The van der Waals surface area contributed by atoms with Crippen molar-refractivity contribution < 1.29 is 9.53 Å². The number of ether oxygens (including phenoxy) is 1. The molecule has 0 spiro atoms. The van der Waals surface area contributed by atoms with Crippen LogP contribution in [0.15, 0.2) is 47.6 Å². The molecule has 2 aromatic rings. The SMILES string of the molecule is CN=C(NCCNC(=O)c1cccc(OC)c1)NC1CCN(c2ncccc2Cl)C1. The molecule has 3 rings (SSSR count). The minimum Gasteiger partial charge on any atom is -0.497 e. The predicted octanol–water partition coefficient (Wildman–Crippen LogP) is 1.92. The van der Waals surface area contributed by atoms with E-state index in [4.69, 9.17) is 16.3 Å². The number of rotatable bonds is 7. The van der Waals surface area contributed by atoms with E-state index >= 15 is 0 Å². The van der Waals surface area contributed by atoms with Crippen LogP contribution in [-0.4, -0.2) is 63.2 Å². The van der Waals surface area contributed by atoms with Crippen molar-refractivity contribution in [3.63, 3.8) is 0 Å². The first-order valence-corrected chi connectivity index (χ1v) is 10.2. The topological polar surface area (TPSA) is 90.9 Å². The molecule has 160 valence electrons. The van der Waals surface area contributed by atoms with Gasteiger partial charge in [0.15, 0.2) is 5.96 Å². The number of carbonyl (C=O) groups is 1. The van der Waals surface area contributed by atoms with Gasteiger partial charge in [-0.05, 0) is 36.8 Å². The fourth-order valence-corrected chi connectivity index (χ4v) is 3.53. The van der Waals surface area contributed by atoms with E-state index in [2.05, 4.69) is 30.8 Å². The third-order valence-corrected chi connectivity index (χ3v) is 5.12. The average Bonchev–Trinajstić information content (AvgIpc) is 3.24. The number of aromatic nitrogens is 1. The molecule has 1 atom stereocenters. The monoisotopic (exact) mass is 430 g/mol. The summed E-state index contributed by atoms with van der Waals surface area (Å²) in [6.45, 7) is 2.70. The van der Waals surface area contributed by atoms with Crippen LogP contribution in [0.4, 0.5) is 5.82 Å². The van der Waals surface area contributed by atoms with Gasteiger partial charge in [-0.3, -0.25) is 9.79 Å². The van der Waals surface area contributed by atoms with E-state index in [-0.39, 0.29) is 11.9 Å². The lowest BCUT2D eigenvalue weighted by Gasteiger charge is -2.20. The van der Waals surface area contributed by atoms with Crippen molar-refractivity contribution >= 4 is 29.3 Å². The number of hydrogen-bond donors (Lipinski definition) is 3. The molecule has 3 N–H and O–H groups in total. The highest BCUT2D eigenvalue weighted by molar-refractivity contribution is 6.32. The van der Waals surface area contributed by atoms with Crippen LogP contribution in [0.25, 0.3) is 0 Å². The highest BCUT2D eigenvalue weighted by Gasteiger charge is 2.25. The summed E-state index contributed by atoms with van der Waals surface area (Å²) in [6.07, 6.45) is 2.71. The van der Waals surface area contributed by atoms with Crippen molar-refractivity contribution in [3.05, 3.63) is 53.2 Å². The van der Waals surface area contributed by atoms with Gasteiger partial charge in [0.25, 0.3) is 5.91 Å². The molecule has 30 heavy (non-hydrogen) atoms. The van der Waals surface area contributed by atoms with Crippen LogP contribution < -0.4 is 25.6 Å². The van der Waals surface area contributed by atoms with Gasteiger partial charge in [-0.15, -0.1) is 0 Å². The van der Waals surface area contributed by atoms with Gasteiger partial charge in [-0.2, -0.15) is 0 Å². The molecular weight excluding hydrogens is 404 g/mol. The first kappa shape index (κ1) is 21.7. The second kappa shape index (κ2) is 10.7. The summed E-state index contributed by atoms with van der Waals surface area (Å²) in [5, 5.41) is 10.2. The number of carbonyl (C=O) groups excluding carboxylic acids is 1. The number of methoxy groups -OCH3 is 1. The van der Waals surface area contributed by atoms with Gasteiger partial charge in [0.05, 0.1) is 12.1 Å². The largest absolute Gasteiger partial charge is 0.497 e. The third kappa shape index (κ3) is 5.76. The Labute approximate surface area is 181 Å². The lowest BCUT2D eigenvalue weighted by molar-refractivity contribution is 0.0954. The summed E-state index contributed by atoms with van der Waals surface area (Å²) < 4.78 is 5.15. The molecule has 1 aromatic heterocycles. The molecule has 1 aliphatic rings. The number of aliphatic imine (C=N–C) groups is 1. The Bertz CT molecular complexity index is 891. The van der Waals surface area contributed by atoms with Gasteiger partial charge in [-0.25, -0.2) is 4.98 Å². The van der Waals surface area contributed by atoms with E-state index in [1.54, 1.807) is 44.6 Å². The molecule has 1 amide bonds. The Morgan fingerprint density at radius 1 is 1.30 bits per heavy atom. The van der Waals surface area contributed by atoms with Gasteiger partial charge < -0.3 is 25.6 Å². The summed E-state index contributed by atoms with van der Waals surface area (Å²) >= 11 is 6.25. The quantitative estimate of drug-likeness (QED) is 0.353. The molecule has 1 fully saturated rings. The zero-order valence-corrected chi connectivity index (χ0v) is 17.9. The maximum absolute atomic E-state index is 12.2. The van der Waals surface area contributed by atoms with Crippen molar-refractivity contribution in [2.45, 2.75) is 12.5 Å². The van der Waals surface area contributed by atoms with E-state index in [1.807, 2.05) is 12.1 Å². The zero-order chi connectivity index (χ0) is 21.3. The Hall–Kier alpha value is -3.00. The van der Waals surface area contributed by atoms with Crippen molar-refractivity contribution in [1.29, 1.82) is 0 Å². The maximum atomic E-state index is 12.2. The minimum absolute atomic E-state index is 0.141. The Morgan fingerprint density at radius 3 is 2.90 bits per heavy atom. The number of anilines is 1. The highest BCUT2D eigenvalue weighted by Crippen LogP contribution is 2.25. The van der Waals surface area contributed by atoms with E-state index in [0.717, 1.165) is 25.3 Å². The lowest BCUT2D eigenvalue weighted by Crippen LogP contribution is -2.46. The number of halogens is 1. The molecule has 0 saturated carbocycles. The van der Waals surface area contributed by atoms with Crippen molar-refractivity contribution in [3.8, 4) is 5.75 Å². The molecule has 0 radical (unpaired) electrons. The van der Waals surface area contributed by atoms with Gasteiger partial charge in [0, 0.05) is 51.0 Å². The third-order valence-electron chi connectivity index (χ3n) is 4.83. The van der Waals surface area contributed by atoms with Crippen LogP contribution in [0.3, 0.4) is 0 Å². The summed E-state index contributed by atoms with van der Waals surface area (Å²) in [7, 11) is 3.31. The van der Waals surface area contributed by atoms with Crippen LogP contribution in [0.1, 0.15) is 16.8 Å². The number of pyridine rings is 1. The van der Waals surface area contributed by atoms with Crippen LogP contribution in [0.5, 0.6) is 5.75 Å². The molecule has 1 aliphatic heterocycles. The smallest absolute Gasteiger partial charge is 0.251 e. The van der Waals surface area contributed by atoms with Crippen molar-refractivity contribution in [2.24, 2.45) is 4.99 Å². The molecule has 8 nitrogen and oxygen atoms in total. The predicted molar refractivity (Wildman–Crippen MR) is 120 cm³/mol. The Kier molecular flexibility index (Phi) is 7.73. The number of benzene rings is 1. The molecule has 1 aromatic carbocycles. The average molecular weight is 431 g/mol. The number of guanidine groups is 1. The van der Waals surface area contributed by atoms with Crippen molar-refractivity contribution in [2.75, 3.05) is 45.2 Å².